The Kier molecular flexibility index (Phi) is 3.89. The smallest absolute Gasteiger partial charge is 0.291 e. The number of ether oxygens (including phenoxy) is 1. The summed E-state index contributed by atoms with van der Waals surface area (Å²) in [6.45, 7) is -0.192. The highest BCUT2D eigenvalue weighted by atomic mass is 16.5. The van der Waals surface area contributed by atoms with E-state index in [4.69, 9.17) is 4.74 Å². The first-order chi connectivity index (χ1) is 12.7. The monoisotopic (exact) mass is 348 g/mol. The Balaban J connectivity index is 1.65. The van der Waals surface area contributed by atoms with Gasteiger partial charge in [-0.25, -0.2) is 4.68 Å². The minimum Gasteiger partial charge on any atom is -0.495 e. The molecule has 0 unspecified atom stereocenters. The van der Waals surface area contributed by atoms with Crippen molar-refractivity contribution < 1.29 is 9.53 Å². The molecule has 4 rings (SSSR count). The number of nitrogens with one attached hydrogen (secondary N) is 2. The summed E-state index contributed by atoms with van der Waals surface area (Å²) in [6.07, 6.45) is 1.60. The van der Waals surface area contributed by atoms with Crippen LogP contribution in [0, 0.1) is 0 Å². The van der Waals surface area contributed by atoms with Gasteiger partial charge < -0.3 is 15.0 Å². The lowest BCUT2D eigenvalue weighted by Gasteiger charge is -2.10. The van der Waals surface area contributed by atoms with Crippen molar-refractivity contribution in [2.75, 3.05) is 12.4 Å². The van der Waals surface area contributed by atoms with Gasteiger partial charge in [0.1, 0.15) is 17.8 Å². The number of amides is 1. The lowest BCUT2D eigenvalue weighted by Crippen LogP contribution is -2.29. The zero-order valence-electron chi connectivity index (χ0n) is 14.0. The molecular formula is C19H16N4O3. The molecule has 2 aromatic carbocycles. The first kappa shape index (κ1) is 15.9. The number of rotatable bonds is 4. The molecule has 0 radical (unpaired) electrons. The summed E-state index contributed by atoms with van der Waals surface area (Å²) in [5.41, 5.74) is 1.50. The van der Waals surface area contributed by atoms with Crippen LogP contribution >= 0.6 is 0 Å². The Bertz CT molecular complexity index is 1180. The lowest BCUT2D eigenvalue weighted by molar-refractivity contribution is -0.117. The third-order valence-corrected chi connectivity index (χ3v) is 4.20. The fraction of sp³-hybridized carbons (Fsp3) is 0.105. The maximum atomic E-state index is 12.7. The van der Waals surface area contributed by atoms with Crippen LogP contribution in [0.3, 0.4) is 0 Å². The van der Waals surface area contributed by atoms with Crippen LogP contribution in [0.25, 0.3) is 21.8 Å². The van der Waals surface area contributed by atoms with Crippen LogP contribution in [-0.2, 0) is 11.3 Å². The van der Waals surface area contributed by atoms with Gasteiger partial charge in [0, 0.05) is 16.3 Å². The zero-order chi connectivity index (χ0) is 18.1. The summed E-state index contributed by atoms with van der Waals surface area (Å²) in [5, 5.41) is 8.55. The number of hydrogen-bond acceptors (Lipinski definition) is 4. The third kappa shape index (κ3) is 2.69. The maximum absolute atomic E-state index is 12.7. The van der Waals surface area contributed by atoms with E-state index in [1.807, 2.05) is 30.3 Å². The van der Waals surface area contributed by atoms with E-state index in [0.717, 1.165) is 21.0 Å². The first-order valence-corrected chi connectivity index (χ1v) is 8.07. The highest BCUT2D eigenvalue weighted by Gasteiger charge is 2.13. The van der Waals surface area contributed by atoms with Crippen molar-refractivity contribution in [1.82, 2.24) is 14.8 Å². The van der Waals surface area contributed by atoms with E-state index < -0.39 is 0 Å². The summed E-state index contributed by atoms with van der Waals surface area (Å²) < 4.78 is 6.35. The highest BCUT2D eigenvalue weighted by Crippen LogP contribution is 2.23. The number of carbonyl (C=O) groups is 1. The van der Waals surface area contributed by atoms with E-state index in [1.165, 1.54) is 7.11 Å². The molecule has 2 N–H and O–H groups in total. The number of methoxy groups -OCH3 is 1. The Hall–Kier alpha value is -3.61. The molecule has 2 aromatic heterocycles. The summed E-state index contributed by atoms with van der Waals surface area (Å²) in [5.74, 6) is 0.187. The zero-order valence-corrected chi connectivity index (χ0v) is 14.0. The van der Waals surface area contributed by atoms with E-state index in [9.17, 15) is 9.59 Å². The number of anilines is 1. The van der Waals surface area contributed by atoms with Crippen LogP contribution in [0.1, 0.15) is 0 Å². The Morgan fingerprint density at radius 2 is 1.92 bits per heavy atom. The summed E-state index contributed by atoms with van der Waals surface area (Å²) in [4.78, 5) is 28.1. The third-order valence-electron chi connectivity index (χ3n) is 4.20. The Morgan fingerprint density at radius 3 is 2.77 bits per heavy atom. The molecule has 7 nitrogen and oxygen atoms in total. The fourth-order valence-corrected chi connectivity index (χ4v) is 2.96. The topological polar surface area (TPSA) is 89.0 Å². The number of fused-ring (bicyclic) bond motifs is 3. The van der Waals surface area contributed by atoms with Crippen LogP contribution in [0.5, 0.6) is 5.75 Å². The molecule has 0 aliphatic carbocycles. The lowest BCUT2D eigenvalue weighted by atomic mass is 10.2. The van der Waals surface area contributed by atoms with Gasteiger partial charge in [-0.1, -0.05) is 30.3 Å². The van der Waals surface area contributed by atoms with Crippen molar-refractivity contribution in [2.24, 2.45) is 0 Å². The molecule has 0 bridgehead atoms. The molecule has 1 amide bonds. The molecule has 0 fully saturated rings. The predicted octanol–water partition coefficient (Wildman–Crippen LogP) is 2.53. The molecule has 7 heteroatoms. The average Bonchev–Trinajstić information content (AvgIpc) is 3.04. The number of nitrogens with zero attached hydrogens (tertiary/aromatic N) is 2. The molecular weight excluding hydrogens is 332 g/mol. The van der Waals surface area contributed by atoms with E-state index >= 15 is 0 Å². The molecule has 130 valence electrons. The van der Waals surface area contributed by atoms with Gasteiger partial charge in [-0.3, -0.25) is 9.59 Å². The van der Waals surface area contributed by atoms with E-state index in [2.05, 4.69) is 15.4 Å². The molecule has 0 atom stereocenters. The highest BCUT2D eigenvalue weighted by molar-refractivity contribution is 6.06. The van der Waals surface area contributed by atoms with Gasteiger partial charge in [-0.2, -0.15) is 5.10 Å². The summed E-state index contributed by atoms with van der Waals surface area (Å²) >= 11 is 0. The maximum Gasteiger partial charge on any atom is 0.291 e. The van der Waals surface area contributed by atoms with Gasteiger partial charge >= 0.3 is 0 Å². The molecule has 26 heavy (non-hydrogen) atoms. The van der Waals surface area contributed by atoms with Crippen molar-refractivity contribution >= 4 is 33.4 Å². The second-order valence-electron chi connectivity index (χ2n) is 5.82. The Labute approximate surface area is 148 Å². The van der Waals surface area contributed by atoms with Gasteiger partial charge in [0.15, 0.2) is 0 Å². The van der Waals surface area contributed by atoms with Crippen molar-refractivity contribution in [3.8, 4) is 5.75 Å². The molecule has 0 aliphatic rings. The van der Waals surface area contributed by atoms with Crippen molar-refractivity contribution in [2.45, 2.75) is 6.54 Å². The summed E-state index contributed by atoms with van der Waals surface area (Å²) in [7, 11) is 1.53. The fourth-order valence-electron chi connectivity index (χ4n) is 2.96. The van der Waals surface area contributed by atoms with Gasteiger partial charge in [0.05, 0.1) is 19.0 Å². The number of H-pyrrole nitrogens is 1. The van der Waals surface area contributed by atoms with Crippen LogP contribution in [-0.4, -0.2) is 27.8 Å². The molecule has 0 saturated heterocycles. The van der Waals surface area contributed by atoms with Crippen LogP contribution in [0.15, 0.2) is 59.5 Å². The van der Waals surface area contributed by atoms with Crippen LogP contribution in [0.2, 0.25) is 0 Å². The van der Waals surface area contributed by atoms with E-state index in [1.54, 1.807) is 24.4 Å². The minimum absolute atomic E-state index is 0.192. The molecule has 0 aliphatic heterocycles. The van der Waals surface area contributed by atoms with Gasteiger partial charge in [-0.05, 0) is 18.2 Å². The predicted molar refractivity (Wildman–Crippen MR) is 99.5 cm³/mol. The number of aromatic amines is 1. The normalized spacial score (nSPS) is 11.0. The number of hydrogen-bond donors (Lipinski definition) is 2. The van der Waals surface area contributed by atoms with Crippen LogP contribution < -0.4 is 15.6 Å². The number of para-hydroxylation sites is 3. The molecule has 0 saturated carbocycles. The minimum atomic E-state index is -0.362. The standard InChI is InChI=1S/C19H16N4O3/c1-26-16-9-5-4-8-15(16)21-17(24)11-23-19(25)18-13(10-20-23)12-6-2-3-7-14(12)22-18/h2-10,22H,11H2,1H3,(H,21,24). The van der Waals surface area contributed by atoms with Gasteiger partial charge in [0.2, 0.25) is 5.91 Å². The first-order valence-electron chi connectivity index (χ1n) is 8.07. The molecule has 4 aromatic rings. The SMILES string of the molecule is COc1ccccc1NC(=O)Cn1ncc2c([nH]c3ccccc32)c1=O. The molecule has 2 heterocycles. The second kappa shape index (κ2) is 6.36. The van der Waals surface area contributed by atoms with E-state index in [-0.39, 0.29) is 18.0 Å². The van der Waals surface area contributed by atoms with Gasteiger partial charge in [-0.15, -0.1) is 0 Å². The van der Waals surface area contributed by atoms with Crippen molar-refractivity contribution in [1.29, 1.82) is 0 Å². The number of aromatic nitrogens is 3. The quantitative estimate of drug-likeness (QED) is 0.593. The van der Waals surface area contributed by atoms with Crippen molar-refractivity contribution in [3.63, 3.8) is 0 Å². The van der Waals surface area contributed by atoms with E-state index in [0.29, 0.717) is 17.0 Å². The number of benzene rings is 2. The number of carbonyl (C=O) groups excluding carboxylic acids is 1. The Morgan fingerprint density at radius 1 is 1.15 bits per heavy atom. The second-order valence-corrected chi connectivity index (χ2v) is 5.82. The molecule has 0 spiro atoms. The summed E-state index contributed by atoms with van der Waals surface area (Å²) in [6, 6.07) is 14.7. The average molecular weight is 348 g/mol. The van der Waals surface area contributed by atoms with Crippen LogP contribution in [0.4, 0.5) is 5.69 Å². The van der Waals surface area contributed by atoms with Crippen molar-refractivity contribution in [3.05, 3.63) is 65.1 Å². The largest absolute Gasteiger partial charge is 0.495 e. The van der Waals surface area contributed by atoms with Gasteiger partial charge in [0.25, 0.3) is 5.56 Å².